The molecule has 1 saturated heterocycles. The van der Waals surface area contributed by atoms with Crippen LogP contribution in [-0.4, -0.2) is 42.9 Å². The van der Waals surface area contributed by atoms with Crippen LogP contribution in [0.2, 0.25) is 0 Å². The molecule has 0 aromatic heterocycles. The van der Waals surface area contributed by atoms with Crippen molar-refractivity contribution in [3.05, 3.63) is 59.7 Å². The molecule has 0 aliphatic carbocycles. The van der Waals surface area contributed by atoms with Gasteiger partial charge in [-0.3, -0.25) is 14.5 Å². The lowest BCUT2D eigenvalue weighted by Crippen LogP contribution is -2.35. The maximum atomic E-state index is 13.2. The number of para-hydroxylation sites is 1. The highest BCUT2D eigenvalue weighted by Gasteiger charge is 2.45. The number of ether oxygens (including phenoxy) is 1. The summed E-state index contributed by atoms with van der Waals surface area (Å²) in [6.07, 6.45) is -1.17. The molecule has 0 saturated carbocycles. The number of ketones is 1. The standard InChI is InChI=1S/C24H27NO4.CF2O/c1-23(2)19-14-17(21(27)15-24(16-26)10-12-29-13-11-24)8-9-20(19)25(22(23)28)18-6-4-3-5-7-18;2-1(3)4/h3-9,14,26H,10-13,15-16H2,1-2H3;. The number of hydrogen-bond acceptors (Lipinski definition) is 5. The minimum atomic E-state index is -2.83. The quantitative estimate of drug-likeness (QED) is 0.500. The molecule has 2 aliphatic rings. The zero-order valence-corrected chi connectivity index (χ0v) is 18.6. The van der Waals surface area contributed by atoms with Crippen LogP contribution < -0.4 is 4.90 Å². The van der Waals surface area contributed by atoms with E-state index in [1.54, 1.807) is 11.0 Å². The van der Waals surface area contributed by atoms with Crippen LogP contribution in [0.15, 0.2) is 48.5 Å². The molecule has 1 fully saturated rings. The number of carbonyl (C=O) groups is 3. The molecule has 2 aromatic carbocycles. The molecule has 8 heteroatoms. The summed E-state index contributed by atoms with van der Waals surface area (Å²) in [5, 5.41) is 9.91. The molecule has 0 atom stereocenters. The van der Waals surface area contributed by atoms with Crippen LogP contribution in [0.25, 0.3) is 0 Å². The first-order valence-electron chi connectivity index (χ1n) is 10.7. The molecule has 1 amide bonds. The molecular formula is C25H27F2NO5. The largest absolute Gasteiger partial charge is 0.483 e. The SMILES string of the molecule is CC1(C)C(=O)N(c2ccccc2)c2ccc(C(=O)CC3(CO)CCOCC3)cc21.O=C(F)F. The minimum absolute atomic E-state index is 0.000410. The number of benzene rings is 2. The smallest absolute Gasteiger partial charge is 0.396 e. The van der Waals surface area contributed by atoms with Gasteiger partial charge in [-0.1, -0.05) is 18.2 Å². The van der Waals surface area contributed by atoms with E-state index in [1.165, 1.54) is 0 Å². The predicted octanol–water partition coefficient (Wildman–Crippen LogP) is 5.05. The van der Waals surface area contributed by atoms with Crippen LogP contribution in [0.4, 0.5) is 25.0 Å². The summed E-state index contributed by atoms with van der Waals surface area (Å²) < 4.78 is 24.8. The fourth-order valence-electron chi connectivity index (χ4n) is 4.38. The van der Waals surface area contributed by atoms with Gasteiger partial charge in [0.15, 0.2) is 5.78 Å². The summed E-state index contributed by atoms with van der Waals surface area (Å²) in [6.45, 7) is 4.94. The van der Waals surface area contributed by atoms with E-state index < -0.39 is 17.1 Å². The number of anilines is 2. The lowest BCUT2D eigenvalue weighted by molar-refractivity contribution is -0.121. The van der Waals surface area contributed by atoms with Gasteiger partial charge in [-0.2, -0.15) is 0 Å². The molecule has 1 N–H and O–H groups in total. The number of carbonyl (C=O) groups excluding carboxylic acids is 3. The maximum absolute atomic E-state index is 13.2. The molecule has 0 bridgehead atoms. The van der Waals surface area contributed by atoms with Gasteiger partial charge in [-0.25, -0.2) is 4.79 Å². The van der Waals surface area contributed by atoms with Crippen LogP contribution in [0.3, 0.4) is 0 Å². The first kappa shape index (κ1) is 24.7. The fourth-order valence-corrected chi connectivity index (χ4v) is 4.38. The van der Waals surface area contributed by atoms with E-state index in [4.69, 9.17) is 9.53 Å². The number of amides is 1. The van der Waals surface area contributed by atoms with Gasteiger partial charge in [0.1, 0.15) is 0 Å². The van der Waals surface area contributed by atoms with Gasteiger partial charge in [0.25, 0.3) is 0 Å². The molecule has 4 rings (SSSR count). The van der Waals surface area contributed by atoms with Crippen LogP contribution >= 0.6 is 0 Å². The van der Waals surface area contributed by atoms with Crippen LogP contribution in [-0.2, 0) is 14.9 Å². The van der Waals surface area contributed by atoms with Gasteiger partial charge in [0, 0.05) is 42.9 Å². The Kier molecular flexibility index (Phi) is 7.39. The number of halogens is 2. The Morgan fingerprint density at radius 2 is 1.67 bits per heavy atom. The van der Waals surface area contributed by atoms with Gasteiger partial charge >= 0.3 is 6.29 Å². The van der Waals surface area contributed by atoms with Crippen LogP contribution in [0.1, 0.15) is 49.0 Å². The molecule has 2 aromatic rings. The third-order valence-corrected chi connectivity index (χ3v) is 6.41. The first-order valence-corrected chi connectivity index (χ1v) is 10.7. The van der Waals surface area contributed by atoms with Crippen molar-refractivity contribution in [3.8, 4) is 0 Å². The summed E-state index contributed by atoms with van der Waals surface area (Å²) in [4.78, 5) is 36.1. The van der Waals surface area contributed by atoms with Crippen molar-refractivity contribution in [2.24, 2.45) is 5.41 Å². The van der Waals surface area contributed by atoms with Crippen LogP contribution in [0.5, 0.6) is 0 Å². The average molecular weight is 459 g/mol. The van der Waals surface area contributed by atoms with Crippen molar-refractivity contribution < 1.29 is 33.0 Å². The third-order valence-electron chi connectivity index (χ3n) is 6.41. The third kappa shape index (κ3) is 5.17. The zero-order chi connectivity index (χ0) is 24.2. The summed E-state index contributed by atoms with van der Waals surface area (Å²) in [6, 6.07) is 15.1. The number of aliphatic hydroxyl groups excluding tert-OH is 1. The molecular weight excluding hydrogens is 432 g/mol. The molecule has 33 heavy (non-hydrogen) atoms. The second-order valence-electron chi connectivity index (χ2n) is 8.93. The van der Waals surface area contributed by atoms with Gasteiger partial charge in [0.05, 0.1) is 11.1 Å². The minimum Gasteiger partial charge on any atom is -0.396 e. The zero-order valence-electron chi connectivity index (χ0n) is 18.6. The molecule has 0 spiro atoms. The summed E-state index contributed by atoms with van der Waals surface area (Å²) in [5.74, 6) is 0.00437. The topological polar surface area (TPSA) is 83.9 Å². The average Bonchev–Trinajstić information content (AvgIpc) is 2.99. The Morgan fingerprint density at radius 1 is 1.06 bits per heavy atom. The molecule has 0 unspecified atom stereocenters. The van der Waals surface area contributed by atoms with Crippen molar-refractivity contribution in [2.45, 2.75) is 38.5 Å². The first-order chi connectivity index (χ1) is 15.6. The van der Waals surface area contributed by atoms with Crippen molar-refractivity contribution in [1.82, 2.24) is 0 Å². The second kappa shape index (κ2) is 9.89. The molecule has 6 nitrogen and oxygen atoms in total. The normalized spacial score (nSPS) is 18.2. The Labute approximate surface area is 191 Å². The number of Topliss-reactive ketones (excluding diaryl/α,β-unsaturated/α-hetero) is 1. The van der Waals surface area contributed by atoms with E-state index in [1.807, 2.05) is 56.3 Å². The summed E-state index contributed by atoms with van der Waals surface area (Å²) >= 11 is 0. The highest BCUT2D eigenvalue weighted by atomic mass is 19.3. The Hall–Kier alpha value is -2.97. The lowest BCUT2D eigenvalue weighted by atomic mass is 9.75. The van der Waals surface area contributed by atoms with E-state index in [9.17, 15) is 23.5 Å². The highest BCUT2D eigenvalue weighted by Crippen LogP contribution is 2.46. The summed E-state index contributed by atoms with van der Waals surface area (Å²) in [7, 11) is 0. The fraction of sp³-hybridized carbons (Fsp3) is 0.400. The molecule has 0 radical (unpaired) electrons. The Balaban J connectivity index is 0.000000709. The van der Waals surface area contributed by atoms with Crippen molar-refractivity contribution in [1.29, 1.82) is 0 Å². The lowest BCUT2D eigenvalue weighted by Gasteiger charge is -2.35. The Bertz CT molecular complexity index is 1030. The maximum Gasteiger partial charge on any atom is 0.483 e. The summed E-state index contributed by atoms with van der Waals surface area (Å²) in [5.41, 5.74) is 1.99. The van der Waals surface area contributed by atoms with E-state index in [0.29, 0.717) is 38.0 Å². The second-order valence-corrected chi connectivity index (χ2v) is 8.93. The van der Waals surface area contributed by atoms with E-state index >= 15 is 0 Å². The van der Waals surface area contributed by atoms with Crippen molar-refractivity contribution in [2.75, 3.05) is 24.7 Å². The van der Waals surface area contributed by atoms with Crippen molar-refractivity contribution in [3.63, 3.8) is 0 Å². The van der Waals surface area contributed by atoms with E-state index in [0.717, 1.165) is 16.9 Å². The number of hydrogen-bond donors (Lipinski definition) is 1. The van der Waals surface area contributed by atoms with Crippen molar-refractivity contribution >= 4 is 29.4 Å². The predicted molar refractivity (Wildman–Crippen MR) is 119 cm³/mol. The molecule has 2 aliphatic heterocycles. The van der Waals surface area contributed by atoms with Crippen LogP contribution in [0, 0.1) is 5.41 Å². The molecule has 2 heterocycles. The van der Waals surface area contributed by atoms with Gasteiger partial charge in [-0.05, 0) is 62.6 Å². The van der Waals surface area contributed by atoms with Gasteiger partial charge < -0.3 is 9.84 Å². The number of nitrogens with zero attached hydrogens (tertiary/aromatic N) is 1. The number of rotatable bonds is 5. The highest BCUT2D eigenvalue weighted by molar-refractivity contribution is 6.13. The van der Waals surface area contributed by atoms with Gasteiger partial charge in [-0.15, -0.1) is 8.78 Å². The van der Waals surface area contributed by atoms with E-state index in [2.05, 4.69) is 0 Å². The number of aliphatic hydroxyl groups is 1. The molecule has 176 valence electrons. The Morgan fingerprint density at radius 3 is 2.24 bits per heavy atom. The number of fused-ring (bicyclic) bond motifs is 1. The van der Waals surface area contributed by atoms with Gasteiger partial charge in [0.2, 0.25) is 5.91 Å². The van der Waals surface area contributed by atoms with E-state index in [-0.39, 0.29) is 18.3 Å². The monoisotopic (exact) mass is 459 g/mol.